The zero-order chi connectivity index (χ0) is 17.0. The van der Waals surface area contributed by atoms with Crippen molar-refractivity contribution >= 4 is 16.9 Å². The van der Waals surface area contributed by atoms with Gasteiger partial charge in [-0.2, -0.15) is 4.68 Å². The molecular formula is C20H29N3O. The Morgan fingerprint density at radius 1 is 1.00 bits per heavy atom. The van der Waals surface area contributed by atoms with Crippen LogP contribution in [-0.4, -0.2) is 20.9 Å². The van der Waals surface area contributed by atoms with E-state index >= 15 is 0 Å². The van der Waals surface area contributed by atoms with Crippen LogP contribution < -0.4 is 0 Å². The summed E-state index contributed by atoms with van der Waals surface area (Å²) in [4.78, 5) is 12.2. The Morgan fingerprint density at radius 2 is 1.71 bits per heavy atom. The van der Waals surface area contributed by atoms with Gasteiger partial charge in [0, 0.05) is 6.42 Å². The summed E-state index contributed by atoms with van der Waals surface area (Å²) in [5.41, 5.74) is 1.58. The summed E-state index contributed by atoms with van der Waals surface area (Å²) in [5.74, 6) is 0.0476. The van der Waals surface area contributed by atoms with Gasteiger partial charge in [-0.25, -0.2) is 0 Å². The molecule has 2 aromatic rings. The Kier molecular flexibility index (Phi) is 8.22. The number of carbonyl (C=O) groups is 1. The summed E-state index contributed by atoms with van der Waals surface area (Å²) in [6.07, 6.45) is 15.9. The average Bonchev–Trinajstić information content (AvgIpc) is 3.03. The zero-order valence-electron chi connectivity index (χ0n) is 14.8. The van der Waals surface area contributed by atoms with Gasteiger partial charge in [0.05, 0.1) is 5.52 Å². The third kappa shape index (κ3) is 5.91. The number of para-hydroxylation sites is 1. The SMILES string of the molecule is CC/C=C/CCCCCCCCCC(=O)n1nnc2ccccc21. The van der Waals surface area contributed by atoms with E-state index in [1.807, 2.05) is 24.3 Å². The molecule has 2 rings (SSSR count). The summed E-state index contributed by atoms with van der Waals surface area (Å²) >= 11 is 0. The molecule has 1 aromatic carbocycles. The molecule has 4 heteroatoms. The first-order valence-corrected chi connectivity index (χ1v) is 9.31. The number of unbranched alkanes of at least 4 members (excludes halogenated alkanes) is 7. The van der Waals surface area contributed by atoms with E-state index in [1.54, 1.807) is 0 Å². The highest BCUT2D eigenvalue weighted by Gasteiger charge is 2.10. The Bertz CT molecular complexity index is 645. The molecular weight excluding hydrogens is 298 g/mol. The maximum atomic E-state index is 12.2. The lowest BCUT2D eigenvalue weighted by Crippen LogP contribution is -2.12. The number of nitrogens with zero attached hydrogens (tertiary/aromatic N) is 3. The quantitative estimate of drug-likeness (QED) is 0.401. The van der Waals surface area contributed by atoms with Crippen LogP contribution in [0.1, 0.15) is 75.9 Å². The van der Waals surface area contributed by atoms with Crippen molar-refractivity contribution in [1.82, 2.24) is 15.0 Å². The molecule has 0 spiro atoms. The van der Waals surface area contributed by atoms with Gasteiger partial charge in [0.25, 0.3) is 0 Å². The van der Waals surface area contributed by atoms with E-state index in [-0.39, 0.29) is 5.91 Å². The molecule has 24 heavy (non-hydrogen) atoms. The smallest absolute Gasteiger partial charge is 0.248 e. The van der Waals surface area contributed by atoms with Crippen LogP contribution in [0.25, 0.3) is 11.0 Å². The van der Waals surface area contributed by atoms with Crippen molar-refractivity contribution in [2.45, 2.75) is 71.1 Å². The van der Waals surface area contributed by atoms with Crippen LogP contribution in [0.15, 0.2) is 36.4 Å². The topological polar surface area (TPSA) is 47.8 Å². The summed E-state index contributed by atoms with van der Waals surface area (Å²) in [6, 6.07) is 7.59. The van der Waals surface area contributed by atoms with E-state index in [2.05, 4.69) is 29.4 Å². The van der Waals surface area contributed by atoms with Crippen molar-refractivity contribution in [3.63, 3.8) is 0 Å². The van der Waals surface area contributed by atoms with Crippen LogP contribution >= 0.6 is 0 Å². The highest BCUT2D eigenvalue weighted by atomic mass is 16.2. The normalized spacial score (nSPS) is 11.5. The van der Waals surface area contributed by atoms with E-state index in [0.29, 0.717) is 6.42 Å². The van der Waals surface area contributed by atoms with Crippen LogP contribution in [0.2, 0.25) is 0 Å². The van der Waals surface area contributed by atoms with E-state index < -0.39 is 0 Å². The molecule has 0 saturated carbocycles. The van der Waals surface area contributed by atoms with Crippen LogP contribution in [0.5, 0.6) is 0 Å². The summed E-state index contributed by atoms with van der Waals surface area (Å²) in [6.45, 7) is 2.17. The number of allylic oxidation sites excluding steroid dienone is 2. The predicted octanol–water partition coefficient (Wildman–Crippen LogP) is 5.55. The minimum Gasteiger partial charge on any atom is -0.273 e. The fourth-order valence-electron chi connectivity index (χ4n) is 2.87. The van der Waals surface area contributed by atoms with Crippen LogP contribution in [-0.2, 0) is 0 Å². The van der Waals surface area contributed by atoms with Gasteiger partial charge in [-0.05, 0) is 37.8 Å². The maximum Gasteiger partial charge on any atom is 0.248 e. The van der Waals surface area contributed by atoms with E-state index in [4.69, 9.17) is 0 Å². The van der Waals surface area contributed by atoms with Crippen molar-refractivity contribution < 1.29 is 4.79 Å². The Hall–Kier alpha value is -1.97. The van der Waals surface area contributed by atoms with Gasteiger partial charge in [-0.1, -0.05) is 68.5 Å². The molecule has 4 nitrogen and oxygen atoms in total. The molecule has 0 aliphatic carbocycles. The van der Waals surface area contributed by atoms with Gasteiger partial charge in [0.15, 0.2) is 0 Å². The second-order valence-corrected chi connectivity index (χ2v) is 6.28. The Labute approximate surface area is 144 Å². The lowest BCUT2D eigenvalue weighted by Gasteiger charge is -2.02. The standard InChI is InChI=1S/C20H29N3O/c1-2-3-4-5-6-7-8-9-10-11-12-17-20(24)23-19-16-14-13-15-18(19)21-22-23/h3-4,13-16H,2,5-12,17H2,1H3/b4-3+. The molecule has 130 valence electrons. The minimum atomic E-state index is 0.0476. The third-order valence-electron chi connectivity index (χ3n) is 4.25. The Morgan fingerprint density at radius 3 is 2.50 bits per heavy atom. The molecule has 1 heterocycles. The number of hydrogen-bond acceptors (Lipinski definition) is 3. The van der Waals surface area contributed by atoms with Crippen molar-refractivity contribution in [3.8, 4) is 0 Å². The molecule has 0 radical (unpaired) electrons. The molecule has 0 aliphatic rings. The molecule has 0 unspecified atom stereocenters. The van der Waals surface area contributed by atoms with E-state index in [9.17, 15) is 4.79 Å². The molecule has 1 aromatic heterocycles. The lowest BCUT2D eigenvalue weighted by molar-refractivity contribution is 0.0886. The van der Waals surface area contributed by atoms with E-state index in [0.717, 1.165) is 30.3 Å². The molecule has 0 bridgehead atoms. The Balaban J connectivity index is 1.55. The highest BCUT2D eigenvalue weighted by Crippen LogP contribution is 2.13. The van der Waals surface area contributed by atoms with Gasteiger partial charge >= 0.3 is 0 Å². The van der Waals surface area contributed by atoms with Gasteiger partial charge < -0.3 is 0 Å². The fraction of sp³-hybridized carbons (Fsp3) is 0.550. The van der Waals surface area contributed by atoms with Crippen molar-refractivity contribution in [2.75, 3.05) is 0 Å². The first-order valence-electron chi connectivity index (χ1n) is 9.31. The van der Waals surface area contributed by atoms with Crippen LogP contribution in [0.4, 0.5) is 0 Å². The number of benzene rings is 1. The highest BCUT2D eigenvalue weighted by molar-refractivity contribution is 5.88. The molecule has 0 atom stereocenters. The van der Waals surface area contributed by atoms with Gasteiger partial charge in [-0.15, -0.1) is 5.10 Å². The van der Waals surface area contributed by atoms with Crippen LogP contribution in [0.3, 0.4) is 0 Å². The van der Waals surface area contributed by atoms with Crippen LogP contribution in [0, 0.1) is 0 Å². The number of fused-ring (bicyclic) bond motifs is 1. The lowest BCUT2D eigenvalue weighted by atomic mass is 10.1. The zero-order valence-corrected chi connectivity index (χ0v) is 14.8. The molecule has 0 N–H and O–H groups in total. The first-order chi connectivity index (χ1) is 11.8. The molecule has 0 amide bonds. The van der Waals surface area contributed by atoms with Gasteiger partial charge in [0.2, 0.25) is 5.91 Å². The second-order valence-electron chi connectivity index (χ2n) is 6.28. The molecule has 0 aliphatic heterocycles. The predicted molar refractivity (Wildman–Crippen MR) is 99.1 cm³/mol. The average molecular weight is 327 g/mol. The minimum absolute atomic E-state index is 0.0476. The first kappa shape index (κ1) is 18.4. The van der Waals surface area contributed by atoms with Gasteiger partial charge in [0.1, 0.15) is 5.52 Å². The second kappa shape index (κ2) is 10.7. The van der Waals surface area contributed by atoms with Crippen molar-refractivity contribution in [2.24, 2.45) is 0 Å². The monoisotopic (exact) mass is 327 g/mol. The number of carbonyl (C=O) groups excluding carboxylic acids is 1. The van der Waals surface area contributed by atoms with Gasteiger partial charge in [-0.3, -0.25) is 4.79 Å². The van der Waals surface area contributed by atoms with E-state index in [1.165, 1.54) is 43.2 Å². The molecule has 0 fully saturated rings. The summed E-state index contributed by atoms with van der Waals surface area (Å²) in [5, 5.41) is 8.01. The van der Waals surface area contributed by atoms with Crippen molar-refractivity contribution in [1.29, 1.82) is 0 Å². The molecule has 0 saturated heterocycles. The number of aromatic nitrogens is 3. The third-order valence-corrected chi connectivity index (χ3v) is 4.25. The fourth-order valence-corrected chi connectivity index (χ4v) is 2.87. The largest absolute Gasteiger partial charge is 0.273 e. The number of hydrogen-bond donors (Lipinski definition) is 0. The maximum absolute atomic E-state index is 12.2. The summed E-state index contributed by atoms with van der Waals surface area (Å²) in [7, 11) is 0. The van der Waals surface area contributed by atoms with Crippen molar-refractivity contribution in [3.05, 3.63) is 36.4 Å². The summed E-state index contributed by atoms with van der Waals surface area (Å²) < 4.78 is 1.44. The number of rotatable bonds is 11.